The van der Waals surface area contributed by atoms with Gasteiger partial charge in [0.05, 0.1) is 5.92 Å². The minimum absolute atomic E-state index is 0.0442. The summed E-state index contributed by atoms with van der Waals surface area (Å²) in [5.41, 5.74) is 7.08. The van der Waals surface area contributed by atoms with Gasteiger partial charge in [-0.25, -0.2) is 0 Å². The van der Waals surface area contributed by atoms with E-state index in [-0.39, 0.29) is 29.7 Å². The van der Waals surface area contributed by atoms with Gasteiger partial charge in [-0.05, 0) is 37.8 Å². The third-order valence-corrected chi connectivity index (χ3v) is 4.45. The van der Waals surface area contributed by atoms with Crippen LogP contribution in [0.1, 0.15) is 35.2 Å². The number of carbonyl (C=O) groups is 2. The maximum absolute atomic E-state index is 12.3. The molecule has 7 heteroatoms. The highest BCUT2D eigenvalue weighted by Gasteiger charge is 2.29. The van der Waals surface area contributed by atoms with Crippen LogP contribution in [0.25, 0.3) is 0 Å². The number of aromatic amines is 1. The van der Waals surface area contributed by atoms with Gasteiger partial charge in [-0.1, -0.05) is 0 Å². The number of nitriles is 1. The van der Waals surface area contributed by atoms with E-state index in [9.17, 15) is 14.4 Å². The zero-order valence-corrected chi connectivity index (χ0v) is 13.3. The summed E-state index contributed by atoms with van der Waals surface area (Å²) in [6.45, 7) is 4.40. The number of nitrogens with zero attached hydrogens (tertiary/aromatic N) is 2. The molecule has 1 aromatic rings. The smallest absolute Gasteiger partial charge is 0.266 e. The van der Waals surface area contributed by atoms with Crippen LogP contribution in [0.5, 0.6) is 0 Å². The van der Waals surface area contributed by atoms with E-state index in [0.717, 1.165) is 5.56 Å². The van der Waals surface area contributed by atoms with E-state index in [0.29, 0.717) is 37.2 Å². The zero-order valence-electron chi connectivity index (χ0n) is 13.3. The Morgan fingerprint density at radius 2 is 2.13 bits per heavy atom. The SMILES string of the molecule is Cc1[nH]c(=O)c(C#N)c(C)c1CCC(=O)N1CC[C@@H](C(N)=O)C1. The van der Waals surface area contributed by atoms with Gasteiger partial charge in [-0.15, -0.1) is 0 Å². The Kier molecular flexibility index (Phi) is 4.84. The standard InChI is InChI=1S/C16H20N4O3/c1-9-12(10(2)19-16(23)13(9)7-17)3-4-14(21)20-6-5-11(8-20)15(18)22/h11H,3-6,8H2,1-2H3,(H2,18,22)(H,19,23)/t11-/m1/s1. The van der Waals surface area contributed by atoms with Crippen molar-refractivity contribution in [2.24, 2.45) is 11.7 Å². The summed E-state index contributed by atoms with van der Waals surface area (Å²) in [5, 5.41) is 9.06. The summed E-state index contributed by atoms with van der Waals surface area (Å²) in [6.07, 6.45) is 1.32. The van der Waals surface area contributed by atoms with Gasteiger partial charge in [-0.3, -0.25) is 14.4 Å². The number of H-pyrrole nitrogens is 1. The normalized spacial score (nSPS) is 17.1. The number of aryl methyl sites for hydroxylation is 1. The lowest BCUT2D eigenvalue weighted by molar-refractivity contribution is -0.130. The van der Waals surface area contributed by atoms with Crippen LogP contribution < -0.4 is 11.3 Å². The number of hydrogen-bond acceptors (Lipinski definition) is 4. The van der Waals surface area contributed by atoms with Crippen molar-refractivity contribution in [3.05, 3.63) is 32.7 Å². The maximum Gasteiger partial charge on any atom is 0.266 e. The molecule has 2 heterocycles. The lowest BCUT2D eigenvalue weighted by Crippen LogP contribution is -2.32. The number of primary amides is 1. The van der Waals surface area contributed by atoms with Crippen LogP contribution in [-0.2, 0) is 16.0 Å². The molecule has 0 bridgehead atoms. The number of nitrogens with two attached hydrogens (primary N) is 1. The van der Waals surface area contributed by atoms with Crippen molar-refractivity contribution in [3.8, 4) is 6.07 Å². The zero-order chi connectivity index (χ0) is 17.1. The Bertz CT molecular complexity index is 745. The van der Waals surface area contributed by atoms with Gasteiger partial charge in [0.15, 0.2) is 0 Å². The molecular formula is C16H20N4O3. The molecule has 2 amide bonds. The van der Waals surface area contributed by atoms with Crippen LogP contribution in [0.4, 0.5) is 0 Å². The predicted octanol–water partition coefficient (Wildman–Crippen LogP) is 0.130. The number of likely N-dealkylation sites (tertiary alicyclic amines) is 1. The monoisotopic (exact) mass is 316 g/mol. The molecule has 2 rings (SSSR count). The molecule has 23 heavy (non-hydrogen) atoms. The average molecular weight is 316 g/mol. The number of aromatic nitrogens is 1. The molecule has 1 aliphatic heterocycles. The van der Waals surface area contributed by atoms with Crippen molar-refractivity contribution in [1.29, 1.82) is 5.26 Å². The summed E-state index contributed by atoms with van der Waals surface area (Å²) >= 11 is 0. The molecule has 1 atom stereocenters. The van der Waals surface area contributed by atoms with Gasteiger partial charge in [0.25, 0.3) is 5.56 Å². The third-order valence-electron chi connectivity index (χ3n) is 4.45. The van der Waals surface area contributed by atoms with Crippen molar-refractivity contribution < 1.29 is 9.59 Å². The molecule has 1 aliphatic rings. The molecule has 122 valence electrons. The second kappa shape index (κ2) is 6.65. The highest BCUT2D eigenvalue weighted by atomic mass is 16.2. The van der Waals surface area contributed by atoms with Gasteiger partial charge >= 0.3 is 0 Å². The number of rotatable bonds is 4. The molecule has 1 aromatic heterocycles. The van der Waals surface area contributed by atoms with Gasteiger partial charge in [0, 0.05) is 25.2 Å². The molecule has 1 fully saturated rings. The number of amides is 2. The van der Waals surface area contributed by atoms with Crippen LogP contribution in [-0.4, -0.2) is 34.8 Å². The highest BCUT2D eigenvalue weighted by molar-refractivity contribution is 5.81. The van der Waals surface area contributed by atoms with E-state index in [1.165, 1.54) is 0 Å². The van der Waals surface area contributed by atoms with Crippen molar-refractivity contribution >= 4 is 11.8 Å². The highest BCUT2D eigenvalue weighted by Crippen LogP contribution is 2.19. The van der Waals surface area contributed by atoms with Gasteiger partial charge in [0.1, 0.15) is 11.6 Å². The van der Waals surface area contributed by atoms with E-state index in [4.69, 9.17) is 11.0 Å². The molecule has 0 spiro atoms. The largest absolute Gasteiger partial charge is 0.369 e. The quantitative estimate of drug-likeness (QED) is 0.820. The van der Waals surface area contributed by atoms with Crippen molar-refractivity contribution in [1.82, 2.24) is 9.88 Å². The fraction of sp³-hybridized carbons (Fsp3) is 0.500. The Balaban J connectivity index is 2.07. The number of hydrogen-bond donors (Lipinski definition) is 2. The average Bonchev–Trinajstić information content (AvgIpc) is 2.97. The molecular weight excluding hydrogens is 296 g/mol. The molecule has 0 radical (unpaired) electrons. The summed E-state index contributed by atoms with van der Waals surface area (Å²) in [7, 11) is 0. The first-order chi connectivity index (χ1) is 10.8. The molecule has 1 saturated heterocycles. The van der Waals surface area contributed by atoms with Crippen LogP contribution >= 0.6 is 0 Å². The van der Waals surface area contributed by atoms with Crippen LogP contribution in [0.2, 0.25) is 0 Å². The van der Waals surface area contributed by atoms with Gasteiger partial charge in [-0.2, -0.15) is 5.26 Å². The van der Waals surface area contributed by atoms with Crippen LogP contribution in [0.3, 0.4) is 0 Å². The van der Waals surface area contributed by atoms with Crippen LogP contribution in [0, 0.1) is 31.1 Å². The minimum Gasteiger partial charge on any atom is -0.369 e. The molecule has 0 aliphatic carbocycles. The first kappa shape index (κ1) is 16.7. The minimum atomic E-state index is -0.401. The molecule has 7 nitrogen and oxygen atoms in total. The predicted molar refractivity (Wildman–Crippen MR) is 83.5 cm³/mol. The fourth-order valence-electron chi connectivity index (χ4n) is 3.03. The summed E-state index contributed by atoms with van der Waals surface area (Å²) in [4.78, 5) is 39.4. The Morgan fingerprint density at radius 1 is 1.43 bits per heavy atom. The molecule has 3 N–H and O–H groups in total. The van der Waals surface area contributed by atoms with Crippen LogP contribution in [0.15, 0.2) is 4.79 Å². The van der Waals surface area contributed by atoms with Crippen molar-refractivity contribution in [2.75, 3.05) is 13.1 Å². The summed E-state index contributed by atoms with van der Waals surface area (Å²) in [6, 6.07) is 1.90. The molecule has 0 aromatic carbocycles. The van der Waals surface area contributed by atoms with E-state index in [2.05, 4.69) is 4.98 Å². The van der Waals surface area contributed by atoms with E-state index in [1.54, 1.807) is 18.7 Å². The topological polar surface area (TPSA) is 120 Å². The second-order valence-corrected chi connectivity index (χ2v) is 5.90. The Hall–Kier alpha value is -2.62. The van der Waals surface area contributed by atoms with Gasteiger partial charge in [0.2, 0.25) is 11.8 Å². The maximum atomic E-state index is 12.3. The lowest BCUT2D eigenvalue weighted by atomic mass is 9.99. The first-order valence-corrected chi connectivity index (χ1v) is 7.54. The summed E-state index contributed by atoms with van der Waals surface area (Å²) < 4.78 is 0. The Labute approximate surface area is 134 Å². The number of pyridine rings is 1. The van der Waals surface area contributed by atoms with E-state index >= 15 is 0 Å². The first-order valence-electron chi connectivity index (χ1n) is 7.54. The van der Waals surface area contributed by atoms with E-state index in [1.807, 2.05) is 6.07 Å². The molecule has 0 unspecified atom stereocenters. The molecule has 0 saturated carbocycles. The lowest BCUT2D eigenvalue weighted by Gasteiger charge is -2.17. The fourth-order valence-corrected chi connectivity index (χ4v) is 3.03. The van der Waals surface area contributed by atoms with Gasteiger partial charge < -0.3 is 15.6 Å². The van der Waals surface area contributed by atoms with E-state index < -0.39 is 5.56 Å². The number of nitrogens with one attached hydrogen (secondary N) is 1. The van der Waals surface area contributed by atoms with Crippen molar-refractivity contribution in [3.63, 3.8) is 0 Å². The summed E-state index contributed by atoms with van der Waals surface area (Å²) in [5.74, 6) is -0.677. The third kappa shape index (κ3) is 3.42. The Morgan fingerprint density at radius 3 is 2.70 bits per heavy atom. The number of carbonyl (C=O) groups excluding carboxylic acids is 2. The second-order valence-electron chi connectivity index (χ2n) is 5.90. The van der Waals surface area contributed by atoms with Crippen molar-refractivity contribution in [2.45, 2.75) is 33.1 Å².